The Labute approximate surface area is 293 Å². The standard InChI is InChI=1S/C45H51N4/c1-29(2)36-18-13-19-37(30(3)4)42(36)48-24-23-46-44(48)40-17-11-12-22-41(40)47-25-26-49(43-38(31(5)6)20-14-21-39(43)32(7)8)45(47)35-27-33-15-9-10-16-34(33)28-35/h9,11-15,17-26,28-32H,10,16,27H2,1-8H3/q+1. The highest BCUT2D eigenvalue weighted by Crippen LogP contribution is 2.40. The Kier molecular flexibility index (Phi) is 8.92. The van der Waals surface area contributed by atoms with E-state index in [1.54, 1.807) is 0 Å². The first-order valence-corrected chi connectivity index (χ1v) is 18.3. The predicted octanol–water partition coefficient (Wildman–Crippen LogP) is 11.5. The van der Waals surface area contributed by atoms with Gasteiger partial charge in [-0.05, 0) is 77.0 Å². The van der Waals surface area contributed by atoms with Crippen molar-refractivity contribution >= 4 is 5.57 Å². The van der Waals surface area contributed by atoms with E-state index in [1.165, 1.54) is 56.2 Å². The van der Waals surface area contributed by atoms with Gasteiger partial charge in [-0.25, -0.2) is 4.98 Å². The summed E-state index contributed by atoms with van der Waals surface area (Å²) in [6.45, 7) is 18.4. The number of hydrogen-bond donors (Lipinski definition) is 0. The SMILES string of the molecule is CC(C)c1cccc(C(C)C)c1-n1ccnc1-c1ccccc1-n1cc[n+](-c2c(C(C)C)cccc2C(C)C)c1C1=CC2=C(C=CCC2)C1. The lowest BCUT2D eigenvalue weighted by molar-refractivity contribution is -0.598. The van der Waals surface area contributed by atoms with Crippen LogP contribution in [0.15, 0.2) is 115 Å². The largest absolute Gasteiger partial charge is 0.299 e. The number of imidazole rings is 2. The van der Waals surface area contributed by atoms with E-state index in [9.17, 15) is 0 Å². The van der Waals surface area contributed by atoms with Crippen LogP contribution in [0, 0.1) is 0 Å². The molecule has 0 fully saturated rings. The molecule has 0 amide bonds. The summed E-state index contributed by atoms with van der Waals surface area (Å²) in [5.74, 6) is 3.72. The Morgan fingerprint density at radius 3 is 1.94 bits per heavy atom. The van der Waals surface area contributed by atoms with Crippen LogP contribution in [-0.4, -0.2) is 14.1 Å². The van der Waals surface area contributed by atoms with E-state index in [0.29, 0.717) is 23.7 Å². The van der Waals surface area contributed by atoms with Crippen molar-refractivity contribution in [3.63, 3.8) is 0 Å². The third-order valence-electron chi connectivity index (χ3n) is 10.4. The number of benzene rings is 3. The summed E-state index contributed by atoms with van der Waals surface area (Å²) in [5.41, 5.74) is 14.5. The van der Waals surface area contributed by atoms with Gasteiger partial charge >= 0.3 is 0 Å². The molecule has 2 aromatic heterocycles. The van der Waals surface area contributed by atoms with Gasteiger partial charge in [0.1, 0.15) is 29.6 Å². The zero-order valence-corrected chi connectivity index (χ0v) is 30.5. The molecule has 5 aromatic rings. The zero-order chi connectivity index (χ0) is 34.4. The molecule has 250 valence electrons. The Morgan fingerprint density at radius 1 is 0.673 bits per heavy atom. The molecule has 2 heterocycles. The third kappa shape index (κ3) is 5.86. The highest BCUT2D eigenvalue weighted by Gasteiger charge is 2.33. The summed E-state index contributed by atoms with van der Waals surface area (Å²) in [6, 6.07) is 22.5. The van der Waals surface area contributed by atoms with Gasteiger partial charge in [-0.1, -0.05) is 116 Å². The Balaban J connectivity index is 1.48. The van der Waals surface area contributed by atoms with Crippen LogP contribution in [0.25, 0.3) is 34.0 Å². The highest BCUT2D eigenvalue weighted by molar-refractivity contribution is 5.76. The summed E-state index contributed by atoms with van der Waals surface area (Å²) in [4.78, 5) is 5.09. The molecular formula is C45H51N4+. The lowest BCUT2D eigenvalue weighted by Gasteiger charge is -2.22. The molecule has 2 aliphatic carbocycles. The van der Waals surface area contributed by atoms with Crippen molar-refractivity contribution in [2.24, 2.45) is 0 Å². The maximum Gasteiger partial charge on any atom is 0.295 e. The summed E-state index contributed by atoms with van der Waals surface area (Å²) in [5, 5.41) is 0. The monoisotopic (exact) mass is 647 g/mol. The fourth-order valence-electron chi connectivity index (χ4n) is 7.89. The second-order valence-corrected chi connectivity index (χ2v) is 15.0. The van der Waals surface area contributed by atoms with Crippen molar-refractivity contribution in [3.05, 3.63) is 143 Å². The summed E-state index contributed by atoms with van der Waals surface area (Å²) < 4.78 is 7.26. The van der Waals surface area contributed by atoms with Gasteiger partial charge in [0.2, 0.25) is 0 Å². The minimum absolute atomic E-state index is 0.382. The van der Waals surface area contributed by atoms with E-state index in [4.69, 9.17) is 4.98 Å². The molecule has 0 radical (unpaired) electrons. The van der Waals surface area contributed by atoms with E-state index in [1.807, 2.05) is 6.20 Å². The molecule has 0 bridgehead atoms. The van der Waals surface area contributed by atoms with Gasteiger partial charge in [0.15, 0.2) is 0 Å². The van der Waals surface area contributed by atoms with Gasteiger partial charge in [0.25, 0.3) is 5.82 Å². The first-order valence-electron chi connectivity index (χ1n) is 18.3. The molecule has 7 rings (SSSR count). The number of nitrogens with zero attached hydrogens (tertiary/aromatic N) is 4. The topological polar surface area (TPSA) is 26.6 Å². The number of para-hydroxylation sites is 3. The second-order valence-electron chi connectivity index (χ2n) is 15.0. The van der Waals surface area contributed by atoms with Gasteiger partial charge in [-0.2, -0.15) is 9.13 Å². The average Bonchev–Trinajstić information content (AvgIpc) is 3.85. The summed E-state index contributed by atoms with van der Waals surface area (Å²) >= 11 is 0. The number of rotatable bonds is 9. The maximum absolute atomic E-state index is 5.09. The van der Waals surface area contributed by atoms with Gasteiger partial charge < -0.3 is 0 Å². The molecular weight excluding hydrogens is 597 g/mol. The first kappa shape index (κ1) is 32.8. The molecule has 0 atom stereocenters. The first-order chi connectivity index (χ1) is 23.7. The minimum atomic E-state index is 0.382. The molecule has 3 aromatic carbocycles. The van der Waals surface area contributed by atoms with Crippen LogP contribution in [0.3, 0.4) is 0 Å². The molecule has 2 aliphatic rings. The molecule has 0 unspecified atom stereocenters. The van der Waals surface area contributed by atoms with Crippen molar-refractivity contribution in [2.75, 3.05) is 0 Å². The minimum Gasteiger partial charge on any atom is -0.299 e. The average molecular weight is 648 g/mol. The normalized spacial score (nSPS) is 14.6. The van der Waals surface area contributed by atoms with Crippen LogP contribution in [0.2, 0.25) is 0 Å². The van der Waals surface area contributed by atoms with E-state index in [2.05, 4.69) is 167 Å². The van der Waals surface area contributed by atoms with Crippen LogP contribution >= 0.6 is 0 Å². The van der Waals surface area contributed by atoms with Crippen LogP contribution in [0.4, 0.5) is 0 Å². The van der Waals surface area contributed by atoms with Crippen LogP contribution < -0.4 is 4.57 Å². The molecule has 4 nitrogen and oxygen atoms in total. The molecule has 0 spiro atoms. The van der Waals surface area contributed by atoms with Gasteiger partial charge in [0, 0.05) is 35.5 Å². The highest BCUT2D eigenvalue weighted by atomic mass is 15.2. The molecule has 4 heteroatoms. The quantitative estimate of drug-likeness (QED) is 0.146. The van der Waals surface area contributed by atoms with E-state index >= 15 is 0 Å². The summed E-state index contributed by atoms with van der Waals surface area (Å²) in [6.07, 6.45) is 19.0. The van der Waals surface area contributed by atoms with Gasteiger partial charge in [-0.15, -0.1) is 0 Å². The fourth-order valence-corrected chi connectivity index (χ4v) is 7.89. The van der Waals surface area contributed by atoms with Crippen molar-refractivity contribution in [3.8, 4) is 28.5 Å². The lowest BCUT2D eigenvalue weighted by Crippen LogP contribution is -2.37. The van der Waals surface area contributed by atoms with Crippen LogP contribution in [0.1, 0.15) is 126 Å². The lowest BCUT2D eigenvalue weighted by atomic mass is 9.92. The summed E-state index contributed by atoms with van der Waals surface area (Å²) in [7, 11) is 0. The fraction of sp³-hybridized carbons (Fsp3) is 0.333. The van der Waals surface area contributed by atoms with Crippen molar-refractivity contribution in [1.29, 1.82) is 0 Å². The smallest absolute Gasteiger partial charge is 0.295 e. The molecule has 0 N–H and O–H groups in total. The molecule has 49 heavy (non-hydrogen) atoms. The van der Waals surface area contributed by atoms with Crippen molar-refractivity contribution in [1.82, 2.24) is 14.1 Å². The van der Waals surface area contributed by atoms with Crippen LogP contribution in [-0.2, 0) is 0 Å². The van der Waals surface area contributed by atoms with Crippen molar-refractivity contribution in [2.45, 2.75) is 98.3 Å². The zero-order valence-electron chi connectivity index (χ0n) is 30.5. The second kappa shape index (κ2) is 13.3. The van der Waals surface area contributed by atoms with Gasteiger partial charge in [-0.3, -0.25) is 4.57 Å². The van der Waals surface area contributed by atoms with E-state index in [0.717, 1.165) is 36.3 Å². The Bertz CT molecular complexity index is 2050. The number of hydrogen-bond acceptors (Lipinski definition) is 1. The Hall–Kier alpha value is -4.70. The third-order valence-corrected chi connectivity index (χ3v) is 10.4. The van der Waals surface area contributed by atoms with Crippen molar-refractivity contribution < 1.29 is 4.57 Å². The number of allylic oxidation sites excluding steroid dienone is 6. The molecule has 0 saturated carbocycles. The maximum atomic E-state index is 5.09. The Morgan fingerprint density at radius 2 is 1.31 bits per heavy atom. The van der Waals surface area contributed by atoms with E-state index < -0.39 is 0 Å². The number of aromatic nitrogens is 4. The van der Waals surface area contributed by atoms with E-state index in [-0.39, 0.29) is 0 Å². The van der Waals surface area contributed by atoms with Gasteiger partial charge in [0.05, 0.1) is 11.3 Å². The molecule has 0 aliphatic heterocycles. The predicted molar refractivity (Wildman–Crippen MR) is 204 cm³/mol. The molecule has 0 saturated heterocycles. The van der Waals surface area contributed by atoms with Crippen LogP contribution in [0.5, 0.6) is 0 Å².